The van der Waals surface area contributed by atoms with Crippen molar-refractivity contribution < 1.29 is 22.1 Å². The van der Waals surface area contributed by atoms with Gasteiger partial charge >= 0.3 is 0 Å². The summed E-state index contributed by atoms with van der Waals surface area (Å²) in [4.78, 5) is 11.9. The molecule has 0 bridgehead atoms. The van der Waals surface area contributed by atoms with Gasteiger partial charge in [-0.3, -0.25) is 9.10 Å². The van der Waals surface area contributed by atoms with E-state index in [1.807, 2.05) is 0 Å². The molecule has 1 heterocycles. The van der Waals surface area contributed by atoms with Crippen molar-refractivity contribution in [3.63, 3.8) is 0 Å². The van der Waals surface area contributed by atoms with Crippen LogP contribution in [0.4, 0.5) is 10.2 Å². The van der Waals surface area contributed by atoms with Gasteiger partial charge in [-0.25, -0.2) is 12.8 Å². The van der Waals surface area contributed by atoms with Gasteiger partial charge in [0.15, 0.2) is 5.82 Å². The van der Waals surface area contributed by atoms with E-state index in [1.165, 1.54) is 18.2 Å². The number of benzene rings is 1. The van der Waals surface area contributed by atoms with Crippen LogP contribution in [0.2, 0.25) is 0 Å². The Morgan fingerprint density at radius 2 is 2.00 bits per heavy atom. The fourth-order valence-electron chi connectivity index (χ4n) is 2.21. The van der Waals surface area contributed by atoms with Gasteiger partial charge in [0.25, 0.3) is 0 Å². The van der Waals surface area contributed by atoms with E-state index in [9.17, 15) is 17.6 Å². The Balaban J connectivity index is 1.83. The van der Waals surface area contributed by atoms with Crippen LogP contribution in [0.1, 0.15) is 17.7 Å². The normalized spacial score (nSPS) is 11.3. The first-order valence-corrected chi connectivity index (χ1v) is 9.53. The molecule has 1 amide bonds. The molecule has 1 aromatic heterocycles. The Labute approximate surface area is 145 Å². The number of aromatic nitrogens is 1. The van der Waals surface area contributed by atoms with Crippen molar-refractivity contribution >= 4 is 21.7 Å². The lowest BCUT2D eigenvalue weighted by Crippen LogP contribution is -2.35. The second-order valence-corrected chi connectivity index (χ2v) is 7.51. The van der Waals surface area contributed by atoms with Crippen LogP contribution >= 0.6 is 0 Å². The molecule has 0 atom stereocenters. The van der Waals surface area contributed by atoms with Gasteiger partial charge < -0.3 is 9.84 Å². The number of hydrogen-bond acceptors (Lipinski definition) is 5. The van der Waals surface area contributed by atoms with E-state index >= 15 is 0 Å². The van der Waals surface area contributed by atoms with Crippen molar-refractivity contribution in [2.24, 2.45) is 0 Å². The summed E-state index contributed by atoms with van der Waals surface area (Å²) in [5.74, 6) is 0.0410. The third-order valence-electron chi connectivity index (χ3n) is 3.46. The lowest BCUT2D eigenvalue weighted by Gasteiger charge is -2.18. The fraction of sp³-hybridized carbons (Fsp3) is 0.375. The SMILES string of the molecule is Cc1cc(N(CCC(=O)NCCc2ccc(F)cc2)S(C)(=O)=O)no1. The smallest absolute Gasteiger partial charge is 0.233 e. The summed E-state index contributed by atoms with van der Waals surface area (Å²) in [6.07, 6.45) is 1.59. The highest BCUT2D eigenvalue weighted by Gasteiger charge is 2.21. The number of aryl methyl sites for hydroxylation is 1. The minimum atomic E-state index is -3.57. The maximum Gasteiger partial charge on any atom is 0.233 e. The highest BCUT2D eigenvalue weighted by molar-refractivity contribution is 7.92. The summed E-state index contributed by atoms with van der Waals surface area (Å²) in [6.45, 7) is 2.00. The Kier molecular flexibility index (Phi) is 6.13. The Hall–Kier alpha value is -2.42. The highest BCUT2D eigenvalue weighted by Crippen LogP contribution is 2.17. The molecule has 2 rings (SSSR count). The van der Waals surface area contributed by atoms with Crippen molar-refractivity contribution in [1.29, 1.82) is 0 Å². The van der Waals surface area contributed by atoms with E-state index in [0.29, 0.717) is 18.7 Å². The number of nitrogens with zero attached hydrogens (tertiary/aromatic N) is 2. The van der Waals surface area contributed by atoms with Crippen LogP contribution in [0, 0.1) is 12.7 Å². The Morgan fingerprint density at radius 3 is 2.56 bits per heavy atom. The van der Waals surface area contributed by atoms with E-state index in [2.05, 4.69) is 10.5 Å². The maximum absolute atomic E-state index is 12.8. The van der Waals surface area contributed by atoms with E-state index in [4.69, 9.17) is 4.52 Å². The van der Waals surface area contributed by atoms with Crippen molar-refractivity contribution in [3.05, 3.63) is 47.5 Å². The number of rotatable bonds is 8. The van der Waals surface area contributed by atoms with Crippen LogP contribution in [-0.4, -0.2) is 38.8 Å². The predicted octanol–water partition coefficient (Wildman–Crippen LogP) is 1.64. The van der Waals surface area contributed by atoms with Gasteiger partial charge in [-0.1, -0.05) is 17.3 Å². The molecular formula is C16H20FN3O4S. The molecule has 1 N–H and O–H groups in total. The van der Waals surface area contributed by atoms with E-state index in [0.717, 1.165) is 16.1 Å². The number of carbonyl (C=O) groups excluding carboxylic acids is 1. The topological polar surface area (TPSA) is 92.5 Å². The third-order valence-corrected chi connectivity index (χ3v) is 4.63. The summed E-state index contributed by atoms with van der Waals surface area (Å²) < 4.78 is 42.5. The molecule has 136 valence electrons. The van der Waals surface area contributed by atoms with Crippen molar-refractivity contribution in [2.75, 3.05) is 23.7 Å². The lowest BCUT2D eigenvalue weighted by molar-refractivity contribution is -0.120. The zero-order valence-corrected chi connectivity index (χ0v) is 14.8. The predicted molar refractivity (Wildman–Crippen MR) is 91.2 cm³/mol. The molecule has 0 spiro atoms. The quantitative estimate of drug-likeness (QED) is 0.764. The third kappa shape index (κ3) is 5.86. The zero-order valence-electron chi connectivity index (χ0n) is 14.0. The van der Waals surface area contributed by atoms with Gasteiger partial charge in [0, 0.05) is 25.6 Å². The minimum Gasteiger partial charge on any atom is -0.360 e. The standard InChI is InChI=1S/C16H20FN3O4S/c1-12-11-15(19-24-12)20(25(2,22)23)10-8-16(21)18-9-7-13-3-5-14(17)6-4-13/h3-6,11H,7-10H2,1-2H3,(H,18,21). The summed E-state index contributed by atoms with van der Waals surface area (Å²) in [7, 11) is -3.57. The average molecular weight is 369 g/mol. The van der Waals surface area contributed by atoms with Gasteiger partial charge in [0.05, 0.1) is 6.26 Å². The number of nitrogens with one attached hydrogen (secondary N) is 1. The highest BCUT2D eigenvalue weighted by atomic mass is 32.2. The van der Waals surface area contributed by atoms with Gasteiger partial charge in [0.2, 0.25) is 15.9 Å². The number of amides is 1. The van der Waals surface area contributed by atoms with Gasteiger partial charge in [-0.15, -0.1) is 0 Å². The Bertz CT molecular complexity index is 818. The summed E-state index contributed by atoms with van der Waals surface area (Å²) in [5, 5.41) is 6.39. The number of sulfonamides is 1. The van der Waals surface area contributed by atoms with Crippen LogP contribution < -0.4 is 9.62 Å². The van der Waals surface area contributed by atoms with Crippen LogP contribution in [0.15, 0.2) is 34.9 Å². The molecule has 0 aliphatic heterocycles. The summed E-state index contributed by atoms with van der Waals surface area (Å²) >= 11 is 0. The summed E-state index contributed by atoms with van der Waals surface area (Å²) in [5.41, 5.74) is 0.900. The molecule has 0 fully saturated rings. The first-order chi connectivity index (χ1) is 11.8. The molecule has 0 saturated carbocycles. The van der Waals surface area contributed by atoms with E-state index < -0.39 is 10.0 Å². The van der Waals surface area contributed by atoms with Gasteiger partial charge in [-0.2, -0.15) is 0 Å². The van der Waals surface area contributed by atoms with Crippen LogP contribution in [0.5, 0.6) is 0 Å². The molecule has 0 aliphatic rings. The van der Waals surface area contributed by atoms with Crippen molar-refractivity contribution in [1.82, 2.24) is 10.5 Å². The first-order valence-electron chi connectivity index (χ1n) is 7.68. The molecular weight excluding hydrogens is 349 g/mol. The van der Waals surface area contributed by atoms with Gasteiger partial charge in [-0.05, 0) is 31.0 Å². The number of carbonyl (C=O) groups is 1. The molecule has 0 unspecified atom stereocenters. The number of anilines is 1. The second-order valence-electron chi connectivity index (χ2n) is 5.61. The van der Waals surface area contributed by atoms with E-state index in [1.54, 1.807) is 19.1 Å². The molecule has 9 heteroatoms. The Morgan fingerprint density at radius 1 is 1.32 bits per heavy atom. The molecule has 7 nitrogen and oxygen atoms in total. The van der Waals surface area contributed by atoms with Crippen molar-refractivity contribution in [3.8, 4) is 0 Å². The molecule has 0 saturated heterocycles. The maximum atomic E-state index is 12.8. The monoisotopic (exact) mass is 369 g/mol. The molecule has 1 aromatic carbocycles. The van der Waals surface area contributed by atoms with Crippen LogP contribution in [0.25, 0.3) is 0 Å². The minimum absolute atomic E-state index is 0.0115. The lowest BCUT2D eigenvalue weighted by atomic mass is 10.1. The number of halogens is 1. The van der Waals surface area contributed by atoms with Gasteiger partial charge in [0.1, 0.15) is 11.6 Å². The second kappa shape index (κ2) is 8.11. The molecule has 0 aliphatic carbocycles. The molecule has 2 aromatic rings. The van der Waals surface area contributed by atoms with Crippen molar-refractivity contribution in [2.45, 2.75) is 19.8 Å². The number of hydrogen-bond donors (Lipinski definition) is 1. The zero-order chi connectivity index (χ0) is 18.4. The fourth-order valence-corrected chi connectivity index (χ4v) is 3.06. The average Bonchev–Trinajstić information content (AvgIpc) is 2.94. The molecule has 0 radical (unpaired) electrons. The van der Waals surface area contributed by atoms with Crippen LogP contribution in [-0.2, 0) is 21.2 Å². The summed E-state index contributed by atoms with van der Waals surface area (Å²) in [6, 6.07) is 7.52. The molecule has 25 heavy (non-hydrogen) atoms. The van der Waals surface area contributed by atoms with Crippen LogP contribution in [0.3, 0.4) is 0 Å². The van der Waals surface area contributed by atoms with E-state index in [-0.39, 0.29) is 30.5 Å². The first kappa shape index (κ1) is 18.9. The largest absolute Gasteiger partial charge is 0.360 e.